The minimum atomic E-state index is 0. The second kappa shape index (κ2) is 11.2. The minimum absolute atomic E-state index is 0. The summed E-state index contributed by atoms with van der Waals surface area (Å²) in [6, 6.07) is 6.21. The molecule has 2 N–H and O–H groups in total. The molecule has 2 heterocycles. The summed E-state index contributed by atoms with van der Waals surface area (Å²) in [5.41, 5.74) is 2.23. The quantitative estimate of drug-likeness (QED) is 0.343. The molecule has 0 bridgehead atoms. The standard InChI is InChI=1S/C19H27N5O3.HI/c1-13-6-7-15(17(9-13)26-12-16-5-4-8-25-16)10-21-19(20-3)22-11-18-23-14(2)27-24-18;/h6-7,9,16H,4-5,8,10-12H2,1-3H3,(H2,20,21,22);1H. The van der Waals surface area contributed by atoms with Crippen molar-refractivity contribution < 1.29 is 14.0 Å². The molecule has 0 amide bonds. The van der Waals surface area contributed by atoms with Crippen LogP contribution in [0.4, 0.5) is 0 Å². The SMILES string of the molecule is CN=C(NCc1noc(C)n1)NCc1ccc(C)cc1OCC1CCCO1.I. The molecule has 1 aromatic carbocycles. The maximum absolute atomic E-state index is 6.04. The van der Waals surface area contributed by atoms with Gasteiger partial charge in [-0.25, -0.2) is 0 Å². The number of guanidine groups is 1. The zero-order valence-corrected chi connectivity index (χ0v) is 18.9. The highest BCUT2D eigenvalue weighted by Crippen LogP contribution is 2.22. The van der Waals surface area contributed by atoms with Crippen LogP contribution in [0.1, 0.15) is 35.7 Å². The summed E-state index contributed by atoms with van der Waals surface area (Å²) in [5, 5.41) is 10.3. The number of aromatic nitrogens is 2. The Morgan fingerprint density at radius 1 is 1.29 bits per heavy atom. The third-order valence-corrected chi connectivity index (χ3v) is 4.32. The largest absolute Gasteiger partial charge is 0.491 e. The number of aryl methyl sites for hydroxylation is 2. The van der Waals surface area contributed by atoms with E-state index in [1.807, 2.05) is 0 Å². The Bertz CT molecular complexity index is 775. The molecule has 1 fully saturated rings. The first-order chi connectivity index (χ1) is 13.1. The van der Waals surface area contributed by atoms with Gasteiger partial charge in [-0.1, -0.05) is 17.3 Å². The highest BCUT2D eigenvalue weighted by molar-refractivity contribution is 14.0. The molecule has 0 aliphatic carbocycles. The second-order valence-corrected chi connectivity index (χ2v) is 6.57. The summed E-state index contributed by atoms with van der Waals surface area (Å²) in [5.74, 6) is 2.67. The third-order valence-electron chi connectivity index (χ3n) is 4.32. The van der Waals surface area contributed by atoms with Gasteiger partial charge in [-0.05, 0) is 31.4 Å². The Kier molecular flexibility index (Phi) is 8.97. The summed E-state index contributed by atoms with van der Waals surface area (Å²) in [4.78, 5) is 8.39. The van der Waals surface area contributed by atoms with Gasteiger partial charge in [0.05, 0.1) is 12.6 Å². The molecule has 1 aliphatic heterocycles. The molecule has 0 spiro atoms. The fraction of sp³-hybridized carbons (Fsp3) is 0.526. The van der Waals surface area contributed by atoms with E-state index < -0.39 is 0 Å². The number of nitrogens with zero attached hydrogens (tertiary/aromatic N) is 3. The maximum atomic E-state index is 6.04. The van der Waals surface area contributed by atoms with Crippen molar-refractivity contribution in [2.45, 2.75) is 45.9 Å². The number of hydrogen-bond donors (Lipinski definition) is 2. The minimum Gasteiger partial charge on any atom is -0.491 e. The molecular formula is C19H28IN5O3. The first-order valence-electron chi connectivity index (χ1n) is 9.21. The molecule has 1 saturated heterocycles. The molecule has 0 saturated carbocycles. The molecule has 154 valence electrons. The number of hydrogen-bond acceptors (Lipinski definition) is 6. The van der Waals surface area contributed by atoms with Gasteiger partial charge in [0, 0.05) is 32.7 Å². The predicted octanol–water partition coefficient (Wildman–Crippen LogP) is 2.73. The van der Waals surface area contributed by atoms with Crippen LogP contribution in [0, 0.1) is 13.8 Å². The lowest BCUT2D eigenvalue weighted by Crippen LogP contribution is -2.36. The molecule has 9 heteroatoms. The molecule has 1 aromatic heterocycles. The van der Waals surface area contributed by atoms with Crippen molar-refractivity contribution >= 4 is 29.9 Å². The predicted molar refractivity (Wildman–Crippen MR) is 117 cm³/mol. The van der Waals surface area contributed by atoms with E-state index in [9.17, 15) is 0 Å². The van der Waals surface area contributed by atoms with Crippen molar-refractivity contribution in [2.24, 2.45) is 4.99 Å². The van der Waals surface area contributed by atoms with Crippen molar-refractivity contribution in [1.82, 2.24) is 20.8 Å². The van der Waals surface area contributed by atoms with Crippen LogP contribution in [0.3, 0.4) is 0 Å². The van der Waals surface area contributed by atoms with Gasteiger partial charge < -0.3 is 24.6 Å². The van der Waals surface area contributed by atoms with E-state index in [0.717, 1.165) is 36.3 Å². The Hall–Kier alpha value is -1.88. The average Bonchev–Trinajstić information content (AvgIpc) is 3.33. The lowest BCUT2D eigenvalue weighted by molar-refractivity contribution is 0.0676. The summed E-state index contributed by atoms with van der Waals surface area (Å²) in [7, 11) is 1.72. The van der Waals surface area contributed by atoms with Crippen LogP contribution in [0.5, 0.6) is 5.75 Å². The third kappa shape index (κ3) is 6.62. The van der Waals surface area contributed by atoms with Crippen LogP contribution in [0.2, 0.25) is 0 Å². The number of halogens is 1. The topological polar surface area (TPSA) is 93.8 Å². The van der Waals surface area contributed by atoms with E-state index in [4.69, 9.17) is 14.0 Å². The molecule has 1 unspecified atom stereocenters. The average molecular weight is 501 g/mol. The van der Waals surface area contributed by atoms with Crippen LogP contribution < -0.4 is 15.4 Å². The molecule has 1 aliphatic rings. The summed E-state index contributed by atoms with van der Waals surface area (Å²) in [6.45, 7) is 6.26. The zero-order valence-electron chi connectivity index (χ0n) is 16.5. The Labute approximate surface area is 182 Å². The van der Waals surface area contributed by atoms with E-state index in [-0.39, 0.29) is 30.1 Å². The lowest BCUT2D eigenvalue weighted by atomic mass is 10.1. The van der Waals surface area contributed by atoms with Crippen LogP contribution in [0.15, 0.2) is 27.7 Å². The number of rotatable bonds is 7. The van der Waals surface area contributed by atoms with Crippen molar-refractivity contribution in [1.29, 1.82) is 0 Å². The first-order valence-corrected chi connectivity index (χ1v) is 9.21. The van der Waals surface area contributed by atoms with E-state index in [2.05, 4.69) is 50.9 Å². The van der Waals surface area contributed by atoms with Gasteiger partial charge in [-0.2, -0.15) is 4.98 Å². The number of nitrogens with one attached hydrogen (secondary N) is 2. The van der Waals surface area contributed by atoms with Crippen molar-refractivity contribution in [2.75, 3.05) is 20.3 Å². The zero-order chi connectivity index (χ0) is 19.1. The molecule has 8 nitrogen and oxygen atoms in total. The molecule has 2 aromatic rings. The molecule has 3 rings (SSSR count). The molecule has 1 atom stereocenters. The van der Waals surface area contributed by atoms with Gasteiger partial charge in [-0.15, -0.1) is 24.0 Å². The van der Waals surface area contributed by atoms with Gasteiger partial charge in [0.1, 0.15) is 12.4 Å². The van der Waals surface area contributed by atoms with E-state index >= 15 is 0 Å². The highest BCUT2D eigenvalue weighted by atomic mass is 127. The van der Waals surface area contributed by atoms with E-state index in [1.54, 1.807) is 14.0 Å². The van der Waals surface area contributed by atoms with Gasteiger partial charge in [-0.3, -0.25) is 4.99 Å². The number of benzene rings is 1. The summed E-state index contributed by atoms with van der Waals surface area (Å²) >= 11 is 0. The molecule has 28 heavy (non-hydrogen) atoms. The fourth-order valence-electron chi connectivity index (χ4n) is 2.88. The van der Waals surface area contributed by atoms with Gasteiger partial charge in [0.25, 0.3) is 0 Å². The van der Waals surface area contributed by atoms with Crippen LogP contribution in [0.25, 0.3) is 0 Å². The first kappa shape index (κ1) is 22.4. The van der Waals surface area contributed by atoms with E-state index in [1.165, 1.54) is 0 Å². The second-order valence-electron chi connectivity index (χ2n) is 6.57. The normalized spacial score (nSPS) is 16.5. The van der Waals surface area contributed by atoms with Crippen molar-refractivity contribution in [3.63, 3.8) is 0 Å². The fourth-order valence-corrected chi connectivity index (χ4v) is 2.88. The van der Waals surface area contributed by atoms with Crippen molar-refractivity contribution in [3.05, 3.63) is 41.0 Å². The summed E-state index contributed by atoms with van der Waals surface area (Å²) < 4.78 is 16.7. The van der Waals surface area contributed by atoms with Gasteiger partial charge in [0.15, 0.2) is 11.8 Å². The van der Waals surface area contributed by atoms with Crippen LogP contribution in [-0.4, -0.2) is 42.5 Å². The highest BCUT2D eigenvalue weighted by Gasteiger charge is 2.17. The smallest absolute Gasteiger partial charge is 0.223 e. The van der Waals surface area contributed by atoms with Gasteiger partial charge >= 0.3 is 0 Å². The Morgan fingerprint density at radius 3 is 2.79 bits per heavy atom. The van der Waals surface area contributed by atoms with E-state index in [0.29, 0.717) is 37.4 Å². The maximum Gasteiger partial charge on any atom is 0.223 e. The Balaban J connectivity index is 0.00000280. The number of aliphatic imine (C=N–C) groups is 1. The monoisotopic (exact) mass is 501 g/mol. The van der Waals surface area contributed by atoms with Crippen LogP contribution >= 0.6 is 24.0 Å². The van der Waals surface area contributed by atoms with Crippen molar-refractivity contribution in [3.8, 4) is 5.75 Å². The molecular weight excluding hydrogens is 473 g/mol. The molecule has 0 radical (unpaired) electrons. The Morgan fingerprint density at radius 2 is 2.11 bits per heavy atom. The lowest BCUT2D eigenvalue weighted by Gasteiger charge is -2.17. The summed E-state index contributed by atoms with van der Waals surface area (Å²) in [6.07, 6.45) is 2.36. The van der Waals surface area contributed by atoms with Gasteiger partial charge in [0.2, 0.25) is 5.89 Å². The van der Waals surface area contributed by atoms with Crippen LogP contribution in [-0.2, 0) is 17.8 Å². The number of ether oxygens (including phenoxy) is 2.